The van der Waals surface area contributed by atoms with Gasteiger partial charge in [0.1, 0.15) is 6.17 Å². The van der Waals surface area contributed by atoms with Crippen molar-refractivity contribution in [3.8, 4) is 0 Å². The number of alkyl halides is 1. The zero-order valence-corrected chi connectivity index (χ0v) is 8.16. The smallest absolute Gasteiger partial charge is 0.239 e. The molecule has 76 valence electrons. The van der Waals surface area contributed by atoms with E-state index in [-0.39, 0.29) is 24.9 Å². The molecule has 0 aromatic heterocycles. The maximum Gasteiger partial charge on any atom is 0.239 e. The average Bonchev–Trinajstić information content (AvgIpc) is 2.09. The van der Waals surface area contributed by atoms with Crippen LogP contribution in [0.4, 0.5) is 4.39 Å². The molecule has 1 aliphatic heterocycles. The van der Waals surface area contributed by atoms with Crippen LogP contribution in [-0.2, 0) is 4.79 Å². The molecule has 0 aromatic rings. The van der Waals surface area contributed by atoms with E-state index in [1.807, 2.05) is 13.8 Å². The highest BCUT2D eigenvalue weighted by atomic mass is 19.1. The number of hydrogen-bond acceptors (Lipinski definition) is 2. The van der Waals surface area contributed by atoms with Crippen LogP contribution < -0.4 is 5.73 Å². The summed E-state index contributed by atoms with van der Waals surface area (Å²) in [6.07, 6.45) is 0.0351. The summed E-state index contributed by atoms with van der Waals surface area (Å²) in [6, 6.07) is -0.461. The number of carbonyl (C=O) groups is 1. The summed E-state index contributed by atoms with van der Waals surface area (Å²) in [7, 11) is 0. The zero-order valence-electron chi connectivity index (χ0n) is 8.16. The van der Waals surface area contributed by atoms with Gasteiger partial charge >= 0.3 is 0 Å². The molecule has 0 unspecified atom stereocenters. The van der Waals surface area contributed by atoms with Crippen LogP contribution in [-0.4, -0.2) is 36.1 Å². The molecule has 1 fully saturated rings. The van der Waals surface area contributed by atoms with Gasteiger partial charge in [-0.2, -0.15) is 0 Å². The van der Waals surface area contributed by atoms with E-state index in [2.05, 4.69) is 0 Å². The first-order chi connectivity index (χ1) is 6.06. The largest absolute Gasteiger partial charge is 0.335 e. The molecule has 1 heterocycles. The first-order valence-corrected chi connectivity index (χ1v) is 4.74. The van der Waals surface area contributed by atoms with Gasteiger partial charge in [-0.15, -0.1) is 0 Å². The second-order valence-corrected chi connectivity index (χ2v) is 3.75. The van der Waals surface area contributed by atoms with Gasteiger partial charge in [0.15, 0.2) is 0 Å². The number of amides is 1. The third kappa shape index (κ3) is 2.18. The van der Waals surface area contributed by atoms with E-state index in [0.29, 0.717) is 0 Å². The van der Waals surface area contributed by atoms with Crippen LogP contribution in [0.1, 0.15) is 20.3 Å². The lowest BCUT2D eigenvalue weighted by Gasteiger charge is -2.37. The van der Waals surface area contributed by atoms with Crippen molar-refractivity contribution in [2.24, 2.45) is 11.7 Å². The Morgan fingerprint density at radius 1 is 1.69 bits per heavy atom. The van der Waals surface area contributed by atoms with Crippen molar-refractivity contribution in [2.75, 3.05) is 13.1 Å². The van der Waals surface area contributed by atoms with Crippen molar-refractivity contribution < 1.29 is 9.18 Å². The summed E-state index contributed by atoms with van der Waals surface area (Å²) in [4.78, 5) is 13.0. The fourth-order valence-corrected chi connectivity index (χ4v) is 1.31. The van der Waals surface area contributed by atoms with Crippen LogP contribution in [0.2, 0.25) is 0 Å². The van der Waals surface area contributed by atoms with Gasteiger partial charge in [-0.3, -0.25) is 4.79 Å². The summed E-state index contributed by atoms with van der Waals surface area (Å²) >= 11 is 0. The fourth-order valence-electron chi connectivity index (χ4n) is 1.31. The summed E-state index contributed by atoms with van der Waals surface area (Å²) < 4.78 is 12.4. The van der Waals surface area contributed by atoms with Crippen LogP contribution >= 0.6 is 0 Å². The standard InChI is InChI=1S/C9H17FN2O/c1-3-6(2)8(11)9(13)12-4-7(10)5-12/h6-8H,3-5,11H2,1-2H3/t6-,8+/m1/s1. The molecule has 0 radical (unpaired) electrons. The van der Waals surface area contributed by atoms with Crippen molar-refractivity contribution >= 4 is 5.91 Å². The molecule has 0 bridgehead atoms. The van der Waals surface area contributed by atoms with Gasteiger partial charge in [-0.05, 0) is 5.92 Å². The third-order valence-corrected chi connectivity index (χ3v) is 2.69. The molecule has 4 heteroatoms. The van der Waals surface area contributed by atoms with Crippen LogP contribution in [0, 0.1) is 5.92 Å². The minimum atomic E-state index is -0.840. The van der Waals surface area contributed by atoms with Crippen LogP contribution in [0.15, 0.2) is 0 Å². The van der Waals surface area contributed by atoms with E-state index in [0.717, 1.165) is 6.42 Å². The SMILES string of the molecule is CC[C@@H](C)[C@H](N)C(=O)N1CC(F)C1. The molecule has 0 aromatic carbocycles. The highest BCUT2D eigenvalue weighted by Gasteiger charge is 2.34. The Morgan fingerprint density at radius 2 is 2.23 bits per heavy atom. The quantitative estimate of drug-likeness (QED) is 0.702. The van der Waals surface area contributed by atoms with Gasteiger partial charge in [0, 0.05) is 0 Å². The molecule has 2 N–H and O–H groups in total. The zero-order chi connectivity index (χ0) is 10.0. The van der Waals surface area contributed by atoms with Gasteiger partial charge in [0.25, 0.3) is 0 Å². The first-order valence-electron chi connectivity index (χ1n) is 4.74. The number of nitrogens with zero attached hydrogens (tertiary/aromatic N) is 1. The summed E-state index contributed by atoms with van der Waals surface area (Å²) in [6.45, 7) is 4.38. The molecule has 1 saturated heterocycles. The van der Waals surface area contributed by atoms with Crippen LogP contribution in [0.5, 0.6) is 0 Å². The van der Waals surface area contributed by atoms with E-state index in [4.69, 9.17) is 5.73 Å². The number of nitrogens with two attached hydrogens (primary N) is 1. The highest BCUT2D eigenvalue weighted by Crippen LogP contribution is 2.15. The molecule has 1 rings (SSSR count). The molecule has 0 aliphatic carbocycles. The van der Waals surface area contributed by atoms with E-state index < -0.39 is 12.2 Å². The fraction of sp³-hybridized carbons (Fsp3) is 0.889. The second-order valence-electron chi connectivity index (χ2n) is 3.75. The van der Waals surface area contributed by atoms with E-state index in [9.17, 15) is 9.18 Å². The lowest BCUT2D eigenvalue weighted by Crippen LogP contribution is -2.57. The molecule has 0 saturated carbocycles. The minimum absolute atomic E-state index is 0.108. The number of hydrogen-bond donors (Lipinski definition) is 1. The van der Waals surface area contributed by atoms with Gasteiger partial charge in [0.05, 0.1) is 19.1 Å². The van der Waals surface area contributed by atoms with Crippen LogP contribution in [0.3, 0.4) is 0 Å². The van der Waals surface area contributed by atoms with Crippen molar-refractivity contribution in [2.45, 2.75) is 32.5 Å². The third-order valence-electron chi connectivity index (χ3n) is 2.69. The number of carbonyl (C=O) groups excluding carboxylic acids is 1. The van der Waals surface area contributed by atoms with Crippen molar-refractivity contribution in [3.05, 3.63) is 0 Å². The molecule has 2 atom stereocenters. The molecule has 3 nitrogen and oxygen atoms in total. The number of rotatable bonds is 3. The Labute approximate surface area is 78.1 Å². The first kappa shape index (κ1) is 10.4. The normalized spacial score (nSPS) is 22.3. The highest BCUT2D eigenvalue weighted by molar-refractivity contribution is 5.82. The summed E-state index contributed by atoms with van der Waals surface area (Å²) in [5.41, 5.74) is 5.71. The minimum Gasteiger partial charge on any atom is -0.335 e. The Kier molecular flexibility index (Phi) is 3.25. The molecule has 1 aliphatic rings. The molecule has 13 heavy (non-hydrogen) atoms. The van der Waals surface area contributed by atoms with Gasteiger partial charge in [0.2, 0.25) is 5.91 Å². The Bertz CT molecular complexity index is 192. The van der Waals surface area contributed by atoms with Crippen LogP contribution in [0.25, 0.3) is 0 Å². The molecule has 0 spiro atoms. The van der Waals surface area contributed by atoms with E-state index in [1.165, 1.54) is 4.90 Å². The number of halogens is 1. The maximum atomic E-state index is 12.4. The lowest BCUT2D eigenvalue weighted by molar-refractivity contribution is -0.140. The van der Waals surface area contributed by atoms with E-state index >= 15 is 0 Å². The molecular weight excluding hydrogens is 171 g/mol. The van der Waals surface area contributed by atoms with Crippen molar-refractivity contribution in [1.82, 2.24) is 4.90 Å². The lowest BCUT2D eigenvalue weighted by atomic mass is 9.97. The summed E-state index contributed by atoms with van der Waals surface area (Å²) in [5, 5.41) is 0. The van der Waals surface area contributed by atoms with Gasteiger partial charge < -0.3 is 10.6 Å². The number of likely N-dealkylation sites (tertiary alicyclic amines) is 1. The Morgan fingerprint density at radius 3 is 2.62 bits per heavy atom. The molecule has 1 amide bonds. The van der Waals surface area contributed by atoms with Gasteiger partial charge in [-0.25, -0.2) is 4.39 Å². The predicted octanol–water partition coefficient (Wildman–Crippen LogP) is 0.540. The maximum absolute atomic E-state index is 12.4. The Hall–Kier alpha value is -0.640. The summed E-state index contributed by atoms with van der Waals surface area (Å²) in [5.74, 6) is 0.0643. The Balaban J connectivity index is 2.39. The van der Waals surface area contributed by atoms with Gasteiger partial charge in [-0.1, -0.05) is 20.3 Å². The monoisotopic (exact) mass is 188 g/mol. The van der Waals surface area contributed by atoms with Crippen molar-refractivity contribution in [1.29, 1.82) is 0 Å². The molecular formula is C9H17FN2O. The van der Waals surface area contributed by atoms with Crippen molar-refractivity contribution in [3.63, 3.8) is 0 Å². The predicted molar refractivity (Wildman–Crippen MR) is 48.9 cm³/mol. The topological polar surface area (TPSA) is 46.3 Å². The van der Waals surface area contributed by atoms with E-state index in [1.54, 1.807) is 0 Å². The average molecular weight is 188 g/mol. The second kappa shape index (κ2) is 4.05.